The SMILES string of the molecule is Cc1nccn1CCNC(=O)CC(C)C1CCCNC1.Cl.Cl. The van der Waals surface area contributed by atoms with Crippen LogP contribution in [0.5, 0.6) is 0 Å². The van der Waals surface area contributed by atoms with Gasteiger partial charge in [-0.3, -0.25) is 4.79 Å². The molecule has 2 unspecified atom stereocenters. The van der Waals surface area contributed by atoms with Crippen LogP contribution in [0.3, 0.4) is 0 Å². The molecule has 2 N–H and O–H groups in total. The van der Waals surface area contributed by atoms with Crippen LogP contribution in [0.1, 0.15) is 32.0 Å². The molecular formula is C15H28Cl2N4O. The Labute approximate surface area is 145 Å². The molecule has 0 aliphatic carbocycles. The molecule has 2 atom stereocenters. The molecule has 0 bridgehead atoms. The van der Waals surface area contributed by atoms with Crippen LogP contribution in [-0.2, 0) is 11.3 Å². The Balaban J connectivity index is 0.00000220. The van der Waals surface area contributed by atoms with Crippen molar-refractivity contribution >= 4 is 30.7 Å². The van der Waals surface area contributed by atoms with Crippen LogP contribution in [0.2, 0.25) is 0 Å². The molecule has 7 heteroatoms. The van der Waals surface area contributed by atoms with E-state index in [0.717, 1.165) is 25.5 Å². The van der Waals surface area contributed by atoms with Crippen LogP contribution >= 0.6 is 24.8 Å². The van der Waals surface area contributed by atoms with Crippen LogP contribution in [0.25, 0.3) is 0 Å². The maximum absolute atomic E-state index is 12.0. The van der Waals surface area contributed by atoms with Crippen molar-refractivity contribution in [3.63, 3.8) is 0 Å². The van der Waals surface area contributed by atoms with Gasteiger partial charge in [-0.15, -0.1) is 24.8 Å². The van der Waals surface area contributed by atoms with Crippen molar-refractivity contribution in [2.45, 2.75) is 39.7 Å². The Hall–Kier alpha value is -0.780. The Morgan fingerprint density at radius 3 is 2.91 bits per heavy atom. The number of aromatic nitrogens is 2. The average molecular weight is 351 g/mol. The molecule has 1 aliphatic heterocycles. The van der Waals surface area contributed by atoms with Gasteiger partial charge in [0.2, 0.25) is 5.91 Å². The van der Waals surface area contributed by atoms with E-state index in [1.54, 1.807) is 6.20 Å². The summed E-state index contributed by atoms with van der Waals surface area (Å²) < 4.78 is 2.05. The van der Waals surface area contributed by atoms with Crippen molar-refractivity contribution < 1.29 is 4.79 Å². The number of hydrogen-bond acceptors (Lipinski definition) is 3. The fourth-order valence-electron chi connectivity index (χ4n) is 2.85. The summed E-state index contributed by atoms with van der Waals surface area (Å²) in [6.45, 7) is 7.81. The van der Waals surface area contributed by atoms with Gasteiger partial charge in [-0.05, 0) is 44.7 Å². The number of amides is 1. The minimum absolute atomic E-state index is 0. The first-order chi connectivity index (χ1) is 9.66. The summed E-state index contributed by atoms with van der Waals surface area (Å²) in [6, 6.07) is 0. The van der Waals surface area contributed by atoms with Gasteiger partial charge in [-0.25, -0.2) is 4.98 Å². The standard InChI is InChI=1S/C15H26N4O.2ClH/c1-12(14-4-3-5-16-11-14)10-15(20)18-7-9-19-8-6-17-13(19)2;;/h6,8,12,14,16H,3-5,7,9-11H2,1-2H3,(H,18,20);2*1H. The van der Waals surface area contributed by atoms with Crippen molar-refractivity contribution in [1.29, 1.82) is 0 Å². The number of rotatable bonds is 6. The predicted octanol–water partition coefficient (Wildman–Crippen LogP) is 2.18. The second-order valence-corrected chi connectivity index (χ2v) is 5.81. The molecule has 2 rings (SSSR count). The van der Waals surface area contributed by atoms with Gasteiger partial charge in [0, 0.05) is 31.9 Å². The van der Waals surface area contributed by atoms with E-state index in [1.807, 2.05) is 13.1 Å². The number of carbonyl (C=O) groups excluding carboxylic acids is 1. The zero-order chi connectivity index (χ0) is 14.4. The molecule has 0 radical (unpaired) electrons. The summed E-state index contributed by atoms with van der Waals surface area (Å²) in [5, 5.41) is 6.43. The maximum atomic E-state index is 12.0. The largest absolute Gasteiger partial charge is 0.354 e. The van der Waals surface area contributed by atoms with E-state index in [2.05, 4.69) is 27.1 Å². The van der Waals surface area contributed by atoms with Crippen LogP contribution in [0.4, 0.5) is 0 Å². The Morgan fingerprint density at radius 1 is 1.55 bits per heavy atom. The fraction of sp³-hybridized carbons (Fsp3) is 0.733. The van der Waals surface area contributed by atoms with Crippen LogP contribution in [0.15, 0.2) is 12.4 Å². The van der Waals surface area contributed by atoms with Gasteiger partial charge < -0.3 is 15.2 Å². The number of nitrogens with zero attached hydrogens (tertiary/aromatic N) is 2. The third-order valence-corrected chi connectivity index (χ3v) is 4.25. The highest BCUT2D eigenvalue weighted by atomic mass is 35.5. The van der Waals surface area contributed by atoms with Crippen molar-refractivity contribution in [3.8, 4) is 0 Å². The van der Waals surface area contributed by atoms with E-state index in [1.165, 1.54) is 12.8 Å². The van der Waals surface area contributed by atoms with E-state index < -0.39 is 0 Å². The van der Waals surface area contributed by atoms with Crippen molar-refractivity contribution in [1.82, 2.24) is 20.2 Å². The Bertz CT molecular complexity index is 433. The third-order valence-electron chi connectivity index (χ3n) is 4.25. The lowest BCUT2D eigenvalue weighted by molar-refractivity contribution is -0.122. The normalized spacial score (nSPS) is 18.7. The summed E-state index contributed by atoms with van der Waals surface area (Å²) in [7, 11) is 0. The van der Waals surface area contributed by atoms with E-state index in [9.17, 15) is 4.79 Å². The Kier molecular flexibility index (Phi) is 10.5. The smallest absolute Gasteiger partial charge is 0.220 e. The molecule has 0 spiro atoms. The zero-order valence-electron chi connectivity index (χ0n) is 13.4. The molecule has 1 amide bonds. The number of piperidine rings is 1. The fourth-order valence-corrected chi connectivity index (χ4v) is 2.85. The Morgan fingerprint density at radius 2 is 2.32 bits per heavy atom. The summed E-state index contributed by atoms with van der Waals surface area (Å²) in [4.78, 5) is 16.1. The molecule has 1 saturated heterocycles. The highest BCUT2D eigenvalue weighted by Crippen LogP contribution is 2.22. The van der Waals surface area contributed by atoms with Gasteiger partial charge in [0.15, 0.2) is 0 Å². The molecular weight excluding hydrogens is 323 g/mol. The second kappa shape index (κ2) is 10.9. The van der Waals surface area contributed by atoms with Crippen molar-refractivity contribution in [3.05, 3.63) is 18.2 Å². The molecule has 0 saturated carbocycles. The van der Waals surface area contributed by atoms with Gasteiger partial charge in [-0.1, -0.05) is 6.92 Å². The summed E-state index contributed by atoms with van der Waals surface area (Å²) in [6.07, 6.45) is 6.84. The van der Waals surface area contributed by atoms with E-state index in [0.29, 0.717) is 24.8 Å². The number of carbonyl (C=O) groups is 1. The first-order valence-corrected chi connectivity index (χ1v) is 7.62. The van der Waals surface area contributed by atoms with Crippen LogP contribution in [-0.4, -0.2) is 35.1 Å². The molecule has 0 aromatic carbocycles. The molecule has 2 heterocycles. The highest BCUT2D eigenvalue weighted by Gasteiger charge is 2.21. The average Bonchev–Trinajstić information content (AvgIpc) is 2.85. The van der Waals surface area contributed by atoms with Gasteiger partial charge in [-0.2, -0.15) is 0 Å². The summed E-state index contributed by atoms with van der Waals surface area (Å²) in [5.41, 5.74) is 0. The molecule has 1 fully saturated rings. The number of aryl methyl sites for hydroxylation is 1. The van der Waals surface area contributed by atoms with Crippen molar-refractivity contribution in [2.24, 2.45) is 11.8 Å². The number of imidazole rings is 1. The quantitative estimate of drug-likeness (QED) is 0.826. The topological polar surface area (TPSA) is 59.0 Å². The minimum Gasteiger partial charge on any atom is -0.354 e. The molecule has 128 valence electrons. The second-order valence-electron chi connectivity index (χ2n) is 5.81. The van der Waals surface area contributed by atoms with Crippen LogP contribution < -0.4 is 10.6 Å². The zero-order valence-corrected chi connectivity index (χ0v) is 15.0. The third kappa shape index (κ3) is 6.55. The number of hydrogen-bond donors (Lipinski definition) is 2. The maximum Gasteiger partial charge on any atom is 0.220 e. The molecule has 5 nitrogen and oxygen atoms in total. The highest BCUT2D eigenvalue weighted by molar-refractivity contribution is 5.85. The first-order valence-electron chi connectivity index (χ1n) is 7.62. The molecule has 1 aliphatic rings. The van der Waals surface area contributed by atoms with Gasteiger partial charge in [0.05, 0.1) is 0 Å². The number of halogens is 2. The molecule has 22 heavy (non-hydrogen) atoms. The number of nitrogens with one attached hydrogen (secondary N) is 2. The van der Waals surface area contributed by atoms with Crippen LogP contribution in [0, 0.1) is 18.8 Å². The summed E-state index contributed by atoms with van der Waals surface area (Å²) >= 11 is 0. The summed E-state index contributed by atoms with van der Waals surface area (Å²) in [5.74, 6) is 2.25. The lowest BCUT2D eigenvalue weighted by atomic mass is 9.85. The minimum atomic E-state index is 0. The lowest BCUT2D eigenvalue weighted by Crippen LogP contribution is -2.36. The van der Waals surface area contributed by atoms with E-state index >= 15 is 0 Å². The van der Waals surface area contributed by atoms with E-state index in [-0.39, 0.29) is 30.7 Å². The van der Waals surface area contributed by atoms with Crippen molar-refractivity contribution in [2.75, 3.05) is 19.6 Å². The first kappa shape index (κ1) is 21.2. The molecule has 1 aromatic heterocycles. The van der Waals surface area contributed by atoms with Gasteiger partial charge in [0.25, 0.3) is 0 Å². The monoisotopic (exact) mass is 350 g/mol. The predicted molar refractivity (Wildman–Crippen MR) is 93.8 cm³/mol. The van der Waals surface area contributed by atoms with Gasteiger partial charge >= 0.3 is 0 Å². The van der Waals surface area contributed by atoms with E-state index in [4.69, 9.17) is 0 Å². The van der Waals surface area contributed by atoms with Gasteiger partial charge in [0.1, 0.15) is 5.82 Å². The molecule has 1 aromatic rings. The lowest BCUT2D eigenvalue weighted by Gasteiger charge is -2.28.